The molecule has 1 heterocycles. The van der Waals surface area contributed by atoms with Crippen molar-refractivity contribution in [2.75, 3.05) is 24.4 Å². The highest BCUT2D eigenvalue weighted by molar-refractivity contribution is 7.92. The second kappa shape index (κ2) is 8.46. The highest BCUT2D eigenvalue weighted by Crippen LogP contribution is 2.27. The molecule has 1 atom stereocenters. The third-order valence-corrected chi connectivity index (χ3v) is 6.36. The highest BCUT2D eigenvalue weighted by Gasteiger charge is 2.25. The second-order valence-corrected chi connectivity index (χ2v) is 8.79. The Morgan fingerprint density at radius 1 is 1.25 bits per heavy atom. The Labute approximate surface area is 168 Å². The molecule has 9 heteroatoms. The Morgan fingerprint density at radius 3 is 2.64 bits per heavy atom. The van der Waals surface area contributed by atoms with Crippen molar-refractivity contribution in [3.8, 4) is 0 Å². The molecule has 0 saturated carbocycles. The first-order chi connectivity index (χ1) is 13.3. The Kier molecular flexibility index (Phi) is 6.22. The first kappa shape index (κ1) is 20.6. The zero-order chi connectivity index (χ0) is 20.3. The average Bonchev–Trinajstić information content (AvgIpc) is 2.69. The smallest absolute Gasteiger partial charge is 0.261 e. The maximum atomic E-state index is 13.0. The summed E-state index contributed by atoms with van der Waals surface area (Å²) in [6, 6.07) is 8.74. The van der Waals surface area contributed by atoms with Crippen LogP contribution >= 0.6 is 11.6 Å². The van der Waals surface area contributed by atoms with Gasteiger partial charge in [0, 0.05) is 25.3 Å². The van der Waals surface area contributed by atoms with Gasteiger partial charge >= 0.3 is 0 Å². The number of nitrogens with one attached hydrogen (secondary N) is 1. The van der Waals surface area contributed by atoms with E-state index in [0.29, 0.717) is 18.7 Å². The number of hydrogen-bond donors (Lipinski definition) is 2. The lowest BCUT2D eigenvalue weighted by Gasteiger charge is -2.32. The minimum absolute atomic E-state index is 0.0209. The van der Waals surface area contributed by atoms with Crippen LogP contribution in [-0.2, 0) is 10.0 Å². The van der Waals surface area contributed by atoms with Gasteiger partial charge in [0.15, 0.2) is 0 Å². The zero-order valence-corrected chi connectivity index (χ0v) is 16.5. The third kappa shape index (κ3) is 4.63. The number of rotatable bonds is 5. The molecule has 0 aromatic heterocycles. The molecule has 1 amide bonds. The van der Waals surface area contributed by atoms with Crippen LogP contribution in [0.2, 0.25) is 5.02 Å². The summed E-state index contributed by atoms with van der Waals surface area (Å²) in [5.74, 6) is -0.759. The number of amides is 1. The number of carbonyl (C=O) groups excluding carboxylic acids is 1. The van der Waals surface area contributed by atoms with Gasteiger partial charge in [-0.3, -0.25) is 9.52 Å². The molecule has 0 bridgehead atoms. The van der Waals surface area contributed by atoms with Crippen molar-refractivity contribution < 1.29 is 22.7 Å². The van der Waals surface area contributed by atoms with Crippen LogP contribution in [-0.4, -0.2) is 44.0 Å². The summed E-state index contributed by atoms with van der Waals surface area (Å²) in [7, 11) is -3.99. The standard InChI is InChI=1S/C19H20ClFN2O4S/c20-17-8-3-14(19(25)23-9-1-2-13(11-23)12-24)10-18(17)22-28(26,27)16-6-4-15(21)5-7-16/h3-8,10,13,22,24H,1-2,9,11-12H2. The normalized spacial score (nSPS) is 17.4. The van der Waals surface area contributed by atoms with E-state index in [9.17, 15) is 22.7 Å². The average molecular weight is 427 g/mol. The van der Waals surface area contributed by atoms with E-state index in [4.69, 9.17) is 11.6 Å². The molecule has 1 fully saturated rings. The fraction of sp³-hybridized carbons (Fsp3) is 0.316. The minimum Gasteiger partial charge on any atom is -0.396 e. The van der Waals surface area contributed by atoms with Gasteiger partial charge in [-0.2, -0.15) is 0 Å². The number of anilines is 1. The van der Waals surface area contributed by atoms with E-state index in [0.717, 1.165) is 37.1 Å². The maximum absolute atomic E-state index is 13.0. The molecule has 150 valence electrons. The predicted octanol–water partition coefficient (Wildman–Crippen LogP) is 3.12. The maximum Gasteiger partial charge on any atom is 0.261 e. The van der Waals surface area contributed by atoms with E-state index in [1.165, 1.54) is 18.2 Å². The van der Waals surface area contributed by atoms with Crippen LogP contribution in [0, 0.1) is 11.7 Å². The Balaban J connectivity index is 1.83. The number of benzene rings is 2. The van der Waals surface area contributed by atoms with Crippen molar-refractivity contribution in [3.63, 3.8) is 0 Å². The fourth-order valence-electron chi connectivity index (χ4n) is 3.14. The van der Waals surface area contributed by atoms with Crippen molar-refractivity contribution in [3.05, 3.63) is 58.9 Å². The van der Waals surface area contributed by atoms with Gasteiger partial charge < -0.3 is 10.0 Å². The van der Waals surface area contributed by atoms with Gasteiger partial charge in [0.2, 0.25) is 0 Å². The first-order valence-electron chi connectivity index (χ1n) is 8.78. The monoisotopic (exact) mass is 426 g/mol. The van der Waals surface area contributed by atoms with E-state index in [2.05, 4.69) is 4.72 Å². The lowest BCUT2D eigenvalue weighted by atomic mass is 9.98. The molecule has 0 radical (unpaired) electrons. The van der Waals surface area contributed by atoms with Gasteiger partial charge in [0.25, 0.3) is 15.9 Å². The summed E-state index contributed by atoms with van der Waals surface area (Å²) in [6.07, 6.45) is 1.66. The number of halogens is 2. The lowest BCUT2D eigenvalue weighted by Crippen LogP contribution is -2.40. The zero-order valence-electron chi connectivity index (χ0n) is 14.9. The summed E-state index contributed by atoms with van der Waals surface area (Å²) in [4.78, 5) is 14.3. The van der Waals surface area contributed by atoms with Crippen LogP contribution in [0.25, 0.3) is 0 Å². The van der Waals surface area contributed by atoms with Crippen molar-refractivity contribution in [2.45, 2.75) is 17.7 Å². The molecule has 28 heavy (non-hydrogen) atoms. The van der Waals surface area contributed by atoms with Crippen LogP contribution < -0.4 is 4.72 Å². The second-order valence-electron chi connectivity index (χ2n) is 6.70. The van der Waals surface area contributed by atoms with Crippen molar-refractivity contribution in [1.29, 1.82) is 0 Å². The molecule has 2 aromatic carbocycles. The Morgan fingerprint density at radius 2 is 1.96 bits per heavy atom. The van der Waals surface area contributed by atoms with Gasteiger partial charge in [-0.25, -0.2) is 12.8 Å². The van der Waals surface area contributed by atoms with Crippen molar-refractivity contribution >= 4 is 33.2 Å². The molecule has 1 aliphatic rings. The predicted molar refractivity (Wildman–Crippen MR) is 104 cm³/mol. The summed E-state index contributed by atoms with van der Waals surface area (Å²) >= 11 is 6.11. The minimum atomic E-state index is -3.99. The van der Waals surface area contributed by atoms with E-state index in [1.54, 1.807) is 4.90 Å². The largest absolute Gasteiger partial charge is 0.396 e. The SMILES string of the molecule is O=C(c1ccc(Cl)c(NS(=O)(=O)c2ccc(F)cc2)c1)N1CCCC(CO)C1. The topological polar surface area (TPSA) is 86.7 Å². The lowest BCUT2D eigenvalue weighted by molar-refractivity contribution is 0.0620. The third-order valence-electron chi connectivity index (χ3n) is 4.65. The number of sulfonamides is 1. The van der Waals surface area contributed by atoms with Crippen molar-refractivity contribution in [2.24, 2.45) is 5.92 Å². The number of hydrogen-bond acceptors (Lipinski definition) is 4. The van der Waals surface area contributed by atoms with Gasteiger partial charge in [-0.05, 0) is 61.2 Å². The number of likely N-dealkylation sites (tertiary alicyclic amines) is 1. The van der Waals surface area contributed by atoms with Crippen LogP contribution in [0.4, 0.5) is 10.1 Å². The summed E-state index contributed by atoms with van der Waals surface area (Å²) in [5.41, 5.74) is 0.354. The number of aliphatic hydroxyl groups excluding tert-OH is 1. The number of nitrogens with zero attached hydrogens (tertiary/aromatic N) is 1. The van der Waals surface area contributed by atoms with Crippen molar-refractivity contribution in [1.82, 2.24) is 4.90 Å². The Hall–Kier alpha value is -2.16. The van der Waals surface area contributed by atoms with E-state index in [1.807, 2.05) is 0 Å². The molecule has 1 unspecified atom stereocenters. The van der Waals surface area contributed by atoms with Gasteiger partial charge in [0.1, 0.15) is 5.82 Å². The molecule has 2 aromatic rings. The van der Waals surface area contributed by atoms with Crippen LogP contribution in [0.1, 0.15) is 23.2 Å². The van der Waals surface area contributed by atoms with Gasteiger partial charge in [-0.15, -0.1) is 0 Å². The van der Waals surface area contributed by atoms with Crippen LogP contribution in [0.3, 0.4) is 0 Å². The first-order valence-corrected chi connectivity index (χ1v) is 10.6. The number of carbonyl (C=O) groups is 1. The molecule has 2 N–H and O–H groups in total. The van der Waals surface area contributed by atoms with E-state index in [-0.39, 0.29) is 34.0 Å². The molecule has 0 aliphatic carbocycles. The number of piperidine rings is 1. The van der Waals surface area contributed by atoms with Crippen LogP contribution in [0.15, 0.2) is 47.4 Å². The number of aliphatic hydroxyl groups is 1. The van der Waals surface area contributed by atoms with Gasteiger partial charge in [-0.1, -0.05) is 11.6 Å². The molecule has 6 nitrogen and oxygen atoms in total. The summed E-state index contributed by atoms with van der Waals surface area (Å²) in [6.45, 7) is 1.05. The molecule has 1 aliphatic heterocycles. The molecule has 3 rings (SSSR count). The summed E-state index contributed by atoms with van der Waals surface area (Å²) < 4.78 is 40.4. The highest BCUT2D eigenvalue weighted by atomic mass is 35.5. The van der Waals surface area contributed by atoms with Crippen LogP contribution in [0.5, 0.6) is 0 Å². The molecular formula is C19H20ClFN2O4S. The van der Waals surface area contributed by atoms with E-state index < -0.39 is 15.8 Å². The summed E-state index contributed by atoms with van der Waals surface area (Å²) in [5, 5.41) is 9.47. The van der Waals surface area contributed by atoms with Gasteiger partial charge in [0.05, 0.1) is 15.6 Å². The quantitative estimate of drug-likeness (QED) is 0.769. The van der Waals surface area contributed by atoms with E-state index >= 15 is 0 Å². The fourth-order valence-corrected chi connectivity index (χ4v) is 4.43. The molecule has 1 saturated heterocycles. The Bertz CT molecular complexity index is 966. The molecular weight excluding hydrogens is 407 g/mol. The molecule has 0 spiro atoms.